The van der Waals surface area contributed by atoms with Crippen LogP contribution >= 0.6 is 24.0 Å². The number of halogens is 1. The summed E-state index contributed by atoms with van der Waals surface area (Å²) in [5.74, 6) is 2.57. The van der Waals surface area contributed by atoms with Gasteiger partial charge in [0.1, 0.15) is 5.75 Å². The van der Waals surface area contributed by atoms with Crippen molar-refractivity contribution in [1.82, 2.24) is 15.5 Å². The molecule has 1 saturated heterocycles. The molecule has 2 heterocycles. The van der Waals surface area contributed by atoms with Crippen molar-refractivity contribution in [3.8, 4) is 16.9 Å². The summed E-state index contributed by atoms with van der Waals surface area (Å²) in [4.78, 5) is 18.4. The lowest BCUT2D eigenvalue weighted by Crippen LogP contribution is -2.45. The van der Waals surface area contributed by atoms with E-state index in [-0.39, 0.29) is 29.9 Å². The Labute approximate surface area is 214 Å². The molecule has 0 unspecified atom stereocenters. The first-order valence-corrected chi connectivity index (χ1v) is 11.7. The highest BCUT2D eigenvalue weighted by Crippen LogP contribution is 2.30. The molecule has 7 heteroatoms. The number of aliphatic imine (C=N–C) groups is 1. The Morgan fingerprint density at radius 2 is 1.85 bits per heavy atom. The normalized spacial score (nSPS) is 16.3. The van der Waals surface area contributed by atoms with Gasteiger partial charge >= 0.3 is 0 Å². The van der Waals surface area contributed by atoms with Crippen molar-refractivity contribution in [3.05, 3.63) is 53.6 Å². The van der Waals surface area contributed by atoms with E-state index in [0.29, 0.717) is 12.3 Å². The van der Waals surface area contributed by atoms with E-state index in [1.807, 2.05) is 7.05 Å². The topological polar surface area (TPSA) is 66.0 Å². The van der Waals surface area contributed by atoms with Gasteiger partial charge < -0.3 is 20.3 Å². The van der Waals surface area contributed by atoms with Gasteiger partial charge in [0.15, 0.2) is 5.96 Å². The number of carbonyl (C=O) groups excluding carboxylic acids is 1. The fourth-order valence-electron chi connectivity index (χ4n) is 4.58. The van der Waals surface area contributed by atoms with Crippen LogP contribution < -0.4 is 15.4 Å². The number of rotatable bonds is 5. The lowest BCUT2D eigenvalue weighted by atomic mass is 9.93. The molecule has 2 aromatic carbocycles. The summed E-state index contributed by atoms with van der Waals surface area (Å²) in [5, 5.41) is 6.23. The molecule has 178 valence electrons. The first kappa shape index (κ1) is 25.3. The molecule has 2 aliphatic rings. The SMILES string of the molecule is CN=C(NCc1ccc(-c2ccc3c(c2)CCCO3)cc1)N1CCC(CC(=O)NC)CC1.I. The third-order valence-corrected chi connectivity index (χ3v) is 6.53. The minimum Gasteiger partial charge on any atom is -0.493 e. The summed E-state index contributed by atoms with van der Waals surface area (Å²) in [7, 11) is 3.54. The van der Waals surface area contributed by atoms with Gasteiger partial charge in [0.2, 0.25) is 5.91 Å². The molecule has 0 bridgehead atoms. The van der Waals surface area contributed by atoms with Crippen molar-refractivity contribution >= 4 is 35.8 Å². The van der Waals surface area contributed by atoms with Crippen LogP contribution in [0.2, 0.25) is 0 Å². The molecule has 2 N–H and O–H groups in total. The highest BCUT2D eigenvalue weighted by atomic mass is 127. The molecule has 4 rings (SSSR count). The molecular formula is C26H35IN4O2. The zero-order chi connectivity index (χ0) is 22.3. The van der Waals surface area contributed by atoms with Crippen molar-refractivity contribution in [3.63, 3.8) is 0 Å². The van der Waals surface area contributed by atoms with E-state index in [0.717, 1.165) is 63.6 Å². The summed E-state index contributed by atoms with van der Waals surface area (Å²) in [6.45, 7) is 3.43. The molecule has 2 aromatic rings. The predicted molar refractivity (Wildman–Crippen MR) is 144 cm³/mol. The van der Waals surface area contributed by atoms with Gasteiger partial charge in [-0.25, -0.2) is 0 Å². The Balaban J connectivity index is 0.00000306. The van der Waals surface area contributed by atoms with Crippen molar-refractivity contribution in [2.24, 2.45) is 10.9 Å². The van der Waals surface area contributed by atoms with E-state index in [4.69, 9.17) is 4.74 Å². The zero-order valence-electron chi connectivity index (χ0n) is 19.6. The Morgan fingerprint density at radius 1 is 1.12 bits per heavy atom. The summed E-state index contributed by atoms with van der Waals surface area (Å²) in [6, 6.07) is 15.2. The van der Waals surface area contributed by atoms with Gasteiger partial charge in [-0.3, -0.25) is 9.79 Å². The van der Waals surface area contributed by atoms with Gasteiger partial charge in [0.25, 0.3) is 0 Å². The monoisotopic (exact) mass is 562 g/mol. The number of guanidine groups is 1. The Morgan fingerprint density at radius 3 is 2.55 bits per heavy atom. The lowest BCUT2D eigenvalue weighted by Gasteiger charge is -2.34. The highest BCUT2D eigenvalue weighted by molar-refractivity contribution is 14.0. The summed E-state index contributed by atoms with van der Waals surface area (Å²) in [6.07, 6.45) is 4.85. The van der Waals surface area contributed by atoms with E-state index in [1.54, 1.807) is 7.05 Å². The smallest absolute Gasteiger partial charge is 0.220 e. The third-order valence-electron chi connectivity index (χ3n) is 6.53. The van der Waals surface area contributed by atoms with Gasteiger partial charge in [0.05, 0.1) is 6.61 Å². The number of piperidine rings is 1. The highest BCUT2D eigenvalue weighted by Gasteiger charge is 2.23. The third kappa shape index (κ3) is 6.62. The maximum Gasteiger partial charge on any atom is 0.220 e. The van der Waals surface area contributed by atoms with Crippen molar-refractivity contribution in [1.29, 1.82) is 0 Å². The van der Waals surface area contributed by atoms with Crippen molar-refractivity contribution in [2.75, 3.05) is 33.8 Å². The van der Waals surface area contributed by atoms with Crippen LogP contribution in [0.15, 0.2) is 47.5 Å². The second-order valence-corrected chi connectivity index (χ2v) is 8.68. The average Bonchev–Trinajstić information content (AvgIpc) is 2.85. The van der Waals surface area contributed by atoms with Crippen LogP contribution in [0.3, 0.4) is 0 Å². The van der Waals surface area contributed by atoms with E-state index >= 15 is 0 Å². The van der Waals surface area contributed by atoms with Crippen LogP contribution in [-0.4, -0.2) is 50.6 Å². The molecular weight excluding hydrogens is 527 g/mol. The largest absolute Gasteiger partial charge is 0.493 e. The number of hydrogen-bond donors (Lipinski definition) is 2. The van der Waals surface area contributed by atoms with Gasteiger partial charge in [-0.05, 0) is 66.0 Å². The van der Waals surface area contributed by atoms with Gasteiger partial charge in [0, 0.05) is 40.2 Å². The van der Waals surface area contributed by atoms with Gasteiger partial charge in [-0.15, -0.1) is 24.0 Å². The molecule has 0 aromatic heterocycles. The Kier molecular flexibility index (Phi) is 9.41. The first-order chi connectivity index (χ1) is 15.7. The van der Waals surface area contributed by atoms with Crippen molar-refractivity contribution in [2.45, 2.75) is 38.6 Å². The molecule has 0 saturated carbocycles. The lowest BCUT2D eigenvalue weighted by molar-refractivity contribution is -0.121. The molecule has 1 amide bonds. The Hall–Kier alpha value is -2.29. The molecule has 0 atom stereocenters. The van der Waals surface area contributed by atoms with E-state index in [2.05, 4.69) is 63.0 Å². The van der Waals surface area contributed by atoms with Gasteiger partial charge in [-0.2, -0.15) is 0 Å². The number of carbonyl (C=O) groups is 1. The number of likely N-dealkylation sites (tertiary alicyclic amines) is 1. The Bertz CT molecular complexity index is 953. The molecule has 6 nitrogen and oxygen atoms in total. The van der Waals surface area contributed by atoms with E-state index < -0.39 is 0 Å². The number of nitrogens with one attached hydrogen (secondary N) is 2. The standard InChI is InChI=1S/C26H34N4O2.HI/c1-27-25(31)16-19-11-13-30(14-12-19)26(28-2)29-18-20-5-7-21(8-6-20)22-9-10-24-23(17-22)4-3-15-32-24;/h5-10,17,19H,3-4,11-16,18H2,1-2H3,(H,27,31)(H,28,29);1H. The van der Waals surface area contributed by atoms with Crippen LogP contribution in [0, 0.1) is 5.92 Å². The van der Waals surface area contributed by atoms with Gasteiger partial charge in [-0.1, -0.05) is 30.3 Å². The minimum atomic E-state index is 0. The number of benzene rings is 2. The number of aryl methyl sites for hydroxylation is 1. The molecule has 2 aliphatic heterocycles. The van der Waals surface area contributed by atoms with E-state index in [1.165, 1.54) is 22.3 Å². The first-order valence-electron chi connectivity index (χ1n) is 11.7. The maximum absolute atomic E-state index is 11.6. The fourth-order valence-corrected chi connectivity index (χ4v) is 4.58. The summed E-state index contributed by atoms with van der Waals surface area (Å²) < 4.78 is 5.73. The maximum atomic E-state index is 11.6. The second kappa shape index (κ2) is 12.3. The average molecular weight is 562 g/mol. The minimum absolute atomic E-state index is 0. The number of hydrogen-bond acceptors (Lipinski definition) is 3. The molecule has 1 fully saturated rings. The number of ether oxygens (including phenoxy) is 1. The van der Waals surface area contributed by atoms with Crippen LogP contribution in [0.25, 0.3) is 11.1 Å². The van der Waals surface area contributed by atoms with Crippen LogP contribution in [-0.2, 0) is 17.8 Å². The van der Waals surface area contributed by atoms with E-state index in [9.17, 15) is 4.79 Å². The summed E-state index contributed by atoms with van der Waals surface area (Å²) >= 11 is 0. The number of fused-ring (bicyclic) bond motifs is 1. The van der Waals surface area contributed by atoms with Crippen LogP contribution in [0.1, 0.15) is 36.8 Å². The quantitative estimate of drug-likeness (QED) is 0.326. The number of nitrogens with zero attached hydrogens (tertiary/aromatic N) is 2. The van der Waals surface area contributed by atoms with Crippen LogP contribution in [0.4, 0.5) is 0 Å². The fraction of sp³-hybridized carbons (Fsp3) is 0.462. The van der Waals surface area contributed by atoms with Crippen LogP contribution in [0.5, 0.6) is 5.75 Å². The number of amides is 1. The zero-order valence-corrected chi connectivity index (χ0v) is 21.9. The van der Waals surface area contributed by atoms with Crippen molar-refractivity contribution < 1.29 is 9.53 Å². The molecule has 33 heavy (non-hydrogen) atoms. The predicted octanol–water partition coefficient (Wildman–Crippen LogP) is 4.22. The second-order valence-electron chi connectivity index (χ2n) is 8.68. The molecule has 0 aliphatic carbocycles. The molecule has 0 spiro atoms. The summed E-state index contributed by atoms with van der Waals surface area (Å²) in [5.41, 5.74) is 5.00. The molecule has 0 radical (unpaired) electrons.